The van der Waals surface area contributed by atoms with Gasteiger partial charge >= 0.3 is 0 Å². The maximum absolute atomic E-state index is 12.5. The van der Waals surface area contributed by atoms with Gasteiger partial charge in [0.1, 0.15) is 5.82 Å². The van der Waals surface area contributed by atoms with Crippen LogP contribution < -0.4 is 11.1 Å². The number of nitrogens with two attached hydrogens (primary N) is 1. The summed E-state index contributed by atoms with van der Waals surface area (Å²) in [5, 5.41) is 11.2. The van der Waals surface area contributed by atoms with Crippen LogP contribution in [0.15, 0.2) is 24.4 Å². The van der Waals surface area contributed by atoms with E-state index in [2.05, 4.69) is 15.5 Å². The van der Waals surface area contributed by atoms with E-state index in [1.807, 2.05) is 42.6 Å². The van der Waals surface area contributed by atoms with Gasteiger partial charge in [-0.25, -0.2) is 0 Å². The molecule has 3 rings (SSSR count). The second-order valence-electron chi connectivity index (χ2n) is 7.15. The Hall–Kier alpha value is -1.90. The molecular formula is C18H28Cl2N6O2. The Balaban J connectivity index is 0.00000196. The number of amides is 2. The number of fused-ring (bicyclic) bond motifs is 1. The van der Waals surface area contributed by atoms with Crippen molar-refractivity contribution in [3.05, 3.63) is 30.2 Å². The van der Waals surface area contributed by atoms with E-state index in [4.69, 9.17) is 5.73 Å². The first-order valence-electron chi connectivity index (χ1n) is 9.08. The molecular weight excluding hydrogens is 403 g/mol. The molecule has 1 unspecified atom stereocenters. The second kappa shape index (κ2) is 10.6. The van der Waals surface area contributed by atoms with E-state index in [1.54, 1.807) is 4.90 Å². The van der Waals surface area contributed by atoms with Gasteiger partial charge in [-0.2, -0.15) is 0 Å². The summed E-state index contributed by atoms with van der Waals surface area (Å²) in [6, 6.07) is 5.18. The predicted molar refractivity (Wildman–Crippen MR) is 112 cm³/mol. The Labute approximate surface area is 177 Å². The Morgan fingerprint density at radius 1 is 1.29 bits per heavy atom. The third-order valence-electron chi connectivity index (χ3n) is 4.91. The number of aromatic nitrogens is 3. The smallest absolute Gasteiger partial charge is 0.241 e. The molecule has 28 heavy (non-hydrogen) atoms. The van der Waals surface area contributed by atoms with Crippen LogP contribution in [-0.2, 0) is 9.59 Å². The highest BCUT2D eigenvalue weighted by Crippen LogP contribution is 2.26. The average Bonchev–Trinajstić information content (AvgIpc) is 3.09. The molecule has 0 bridgehead atoms. The quantitative estimate of drug-likeness (QED) is 0.744. The van der Waals surface area contributed by atoms with E-state index in [9.17, 15) is 9.59 Å². The molecule has 0 spiro atoms. The molecule has 3 N–H and O–H groups in total. The van der Waals surface area contributed by atoms with E-state index in [1.165, 1.54) is 0 Å². The third kappa shape index (κ3) is 5.33. The van der Waals surface area contributed by atoms with Crippen molar-refractivity contribution in [2.24, 2.45) is 11.7 Å². The van der Waals surface area contributed by atoms with Crippen molar-refractivity contribution in [3.8, 4) is 0 Å². The van der Waals surface area contributed by atoms with Gasteiger partial charge in [0.25, 0.3) is 0 Å². The SMILES string of the molecule is CC(C)[C@H](N)C(=O)NCC(=O)N1CCCC(c2nnc3ccccn23)C1.Cl.Cl. The molecule has 2 amide bonds. The lowest BCUT2D eigenvalue weighted by Gasteiger charge is -2.32. The number of halogens is 2. The van der Waals surface area contributed by atoms with Crippen LogP contribution in [0, 0.1) is 5.92 Å². The van der Waals surface area contributed by atoms with Crippen molar-refractivity contribution in [2.75, 3.05) is 19.6 Å². The van der Waals surface area contributed by atoms with E-state index in [-0.39, 0.29) is 55.0 Å². The van der Waals surface area contributed by atoms with Crippen LogP contribution >= 0.6 is 24.8 Å². The van der Waals surface area contributed by atoms with Crippen LogP contribution in [0.2, 0.25) is 0 Å². The lowest BCUT2D eigenvalue weighted by Crippen LogP contribution is -2.49. The van der Waals surface area contributed by atoms with Gasteiger partial charge in [-0.05, 0) is 30.9 Å². The Kier molecular flexibility index (Phi) is 9.13. The van der Waals surface area contributed by atoms with Gasteiger partial charge in [0.2, 0.25) is 11.8 Å². The number of nitrogens with one attached hydrogen (secondary N) is 1. The summed E-state index contributed by atoms with van der Waals surface area (Å²) in [7, 11) is 0. The van der Waals surface area contributed by atoms with Gasteiger partial charge in [-0.3, -0.25) is 14.0 Å². The number of piperidine rings is 1. The first kappa shape index (κ1) is 24.1. The largest absolute Gasteiger partial charge is 0.346 e. The van der Waals surface area contributed by atoms with E-state index in [0.717, 1.165) is 24.3 Å². The summed E-state index contributed by atoms with van der Waals surface area (Å²) in [5.41, 5.74) is 6.62. The number of rotatable bonds is 5. The fourth-order valence-electron chi connectivity index (χ4n) is 3.25. The minimum absolute atomic E-state index is 0. The van der Waals surface area contributed by atoms with E-state index < -0.39 is 6.04 Å². The minimum Gasteiger partial charge on any atom is -0.346 e. The molecule has 1 saturated heterocycles. The fraction of sp³-hybridized carbons (Fsp3) is 0.556. The molecule has 1 fully saturated rings. The van der Waals surface area contributed by atoms with Crippen molar-refractivity contribution < 1.29 is 9.59 Å². The number of carbonyl (C=O) groups excluding carboxylic acids is 2. The van der Waals surface area contributed by atoms with Crippen molar-refractivity contribution in [1.82, 2.24) is 24.8 Å². The van der Waals surface area contributed by atoms with Crippen molar-refractivity contribution in [3.63, 3.8) is 0 Å². The van der Waals surface area contributed by atoms with Crippen molar-refractivity contribution in [1.29, 1.82) is 0 Å². The molecule has 0 aromatic carbocycles. The summed E-state index contributed by atoms with van der Waals surface area (Å²) in [6.07, 6.45) is 3.81. The monoisotopic (exact) mass is 430 g/mol. The molecule has 2 atom stereocenters. The highest BCUT2D eigenvalue weighted by atomic mass is 35.5. The first-order chi connectivity index (χ1) is 12.5. The average molecular weight is 431 g/mol. The molecule has 0 saturated carbocycles. The highest BCUT2D eigenvalue weighted by Gasteiger charge is 2.28. The minimum atomic E-state index is -0.598. The lowest BCUT2D eigenvalue weighted by molar-refractivity contribution is -0.134. The molecule has 8 nitrogen and oxygen atoms in total. The molecule has 2 aromatic heterocycles. The van der Waals surface area contributed by atoms with Gasteiger partial charge in [0, 0.05) is 25.2 Å². The predicted octanol–water partition coefficient (Wildman–Crippen LogP) is 1.38. The number of hydrogen-bond donors (Lipinski definition) is 2. The molecule has 2 aromatic rings. The van der Waals surface area contributed by atoms with Gasteiger partial charge in [0.05, 0.1) is 12.6 Å². The summed E-state index contributed by atoms with van der Waals surface area (Å²) in [5.74, 6) is 0.673. The molecule has 1 aliphatic rings. The van der Waals surface area contributed by atoms with E-state index in [0.29, 0.717) is 13.1 Å². The standard InChI is InChI=1S/C18H26N6O2.2ClH/c1-12(2)16(19)18(26)20-10-15(25)23-8-5-6-13(11-23)17-22-21-14-7-3-4-9-24(14)17;;/h3-4,7,9,12-13,16H,5-6,8,10-11,19H2,1-2H3,(H,20,26);2*1H/t13?,16-;;/m0../s1. The van der Waals surface area contributed by atoms with E-state index >= 15 is 0 Å². The molecule has 0 radical (unpaired) electrons. The number of carbonyl (C=O) groups is 2. The molecule has 156 valence electrons. The van der Waals surface area contributed by atoms with Gasteiger partial charge < -0.3 is 16.0 Å². The molecule has 0 aliphatic carbocycles. The summed E-state index contributed by atoms with van der Waals surface area (Å²) < 4.78 is 1.97. The van der Waals surface area contributed by atoms with Crippen LogP contribution in [0.1, 0.15) is 38.4 Å². The number of likely N-dealkylation sites (tertiary alicyclic amines) is 1. The number of nitrogens with zero attached hydrogens (tertiary/aromatic N) is 4. The Morgan fingerprint density at radius 3 is 2.75 bits per heavy atom. The second-order valence-corrected chi connectivity index (χ2v) is 7.15. The number of pyridine rings is 1. The van der Waals surface area contributed by atoms with Gasteiger partial charge in [0.15, 0.2) is 5.65 Å². The summed E-state index contributed by atoms with van der Waals surface area (Å²) in [4.78, 5) is 26.2. The lowest BCUT2D eigenvalue weighted by atomic mass is 9.97. The summed E-state index contributed by atoms with van der Waals surface area (Å²) in [6.45, 7) is 5.01. The molecule has 1 aliphatic heterocycles. The summed E-state index contributed by atoms with van der Waals surface area (Å²) >= 11 is 0. The molecule has 10 heteroatoms. The maximum Gasteiger partial charge on any atom is 0.241 e. The maximum atomic E-state index is 12.5. The Bertz CT molecular complexity index is 797. The van der Waals surface area contributed by atoms with Crippen molar-refractivity contribution >= 4 is 42.3 Å². The van der Waals surface area contributed by atoms with Gasteiger partial charge in [-0.1, -0.05) is 19.9 Å². The Morgan fingerprint density at radius 2 is 2.04 bits per heavy atom. The topological polar surface area (TPSA) is 106 Å². The normalized spacial score (nSPS) is 17.6. The van der Waals surface area contributed by atoms with Crippen molar-refractivity contribution in [2.45, 2.75) is 38.6 Å². The zero-order chi connectivity index (χ0) is 18.7. The zero-order valence-corrected chi connectivity index (χ0v) is 17.7. The van der Waals surface area contributed by atoms with Crippen LogP contribution in [-0.4, -0.2) is 57.0 Å². The van der Waals surface area contributed by atoms with Crippen LogP contribution in [0.5, 0.6) is 0 Å². The zero-order valence-electron chi connectivity index (χ0n) is 16.1. The highest BCUT2D eigenvalue weighted by molar-refractivity contribution is 5.87. The van der Waals surface area contributed by atoms with Crippen LogP contribution in [0.25, 0.3) is 5.65 Å². The number of hydrogen-bond acceptors (Lipinski definition) is 5. The third-order valence-corrected chi connectivity index (χ3v) is 4.91. The van der Waals surface area contributed by atoms with Crippen LogP contribution in [0.4, 0.5) is 0 Å². The molecule has 3 heterocycles. The van der Waals surface area contributed by atoms with Gasteiger partial charge in [-0.15, -0.1) is 35.0 Å². The first-order valence-corrected chi connectivity index (χ1v) is 9.08. The fourth-order valence-corrected chi connectivity index (χ4v) is 3.25. The van der Waals surface area contributed by atoms with Crippen LogP contribution in [0.3, 0.4) is 0 Å².